The van der Waals surface area contributed by atoms with Gasteiger partial charge in [0.2, 0.25) is 0 Å². The highest BCUT2D eigenvalue weighted by Crippen LogP contribution is 2.33. The molecule has 112 valence electrons. The fourth-order valence-electron chi connectivity index (χ4n) is 2.95. The molecule has 1 N–H and O–H groups in total. The summed E-state index contributed by atoms with van der Waals surface area (Å²) in [5.41, 5.74) is 2.11. The Balaban J connectivity index is 1.83. The first-order valence-electron chi connectivity index (χ1n) is 7.56. The smallest absolute Gasteiger partial charge is 0.335 e. The molecule has 1 aromatic carbocycles. The van der Waals surface area contributed by atoms with E-state index in [0.29, 0.717) is 12.6 Å². The van der Waals surface area contributed by atoms with Gasteiger partial charge in [-0.25, -0.2) is 9.59 Å². The van der Waals surface area contributed by atoms with Crippen LogP contribution < -0.4 is 4.90 Å². The van der Waals surface area contributed by atoms with Gasteiger partial charge >= 0.3 is 12.0 Å². The summed E-state index contributed by atoms with van der Waals surface area (Å²) in [4.78, 5) is 27.5. The molecule has 1 saturated carbocycles. The number of anilines is 1. The number of carbonyl (C=O) groups excluding carboxylic acids is 1. The lowest BCUT2D eigenvalue weighted by Gasteiger charge is -2.28. The van der Waals surface area contributed by atoms with Crippen LogP contribution in [0.15, 0.2) is 18.2 Å². The number of nitrogens with zero attached hydrogens (tertiary/aromatic N) is 2. The summed E-state index contributed by atoms with van der Waals surface area (Å²) in [6, 6.07) is 5.50. The van der Waals surface area contributed by atoms with Crippen LogP contribution in [-0.2, 0) is 6.42 Å². The van der Waals surface area contributed by atoms with Crippen molar-refractivity contribution in [1.29, 1.82) is 0 Å². The number of fused-ring (bicyclic) bond motifs is 1. The Morgan fingerprint density at radius 3 is 2.76 bits per heavy atom. The molecule has 0 spiro atoms. The second-order valence-corrected chi connectivity index (χ2v) is 5.76. The largest absolute Gasteiger partial charge is 0.478 e. The van der Waals surface area contributed by atoms with Gasteiger partial charge in [0.25, 0.3) is 0 Å². The van der Waals surface area contributed by atoms with E-state index in [9.17, 15) is 9.59 Å². The maximum Gasteiger partial charge on any atom is 0.335 e. The topological polar surface area (TPSA) is 60.9 Å². The summed E-state index contributed by atoms with van der Waals surface area (Å²) < 4.78 is 0. The zero-order valence-corrected chi connectivity index (χ0v) is 12.2. The van der Waals surface area contributed by atoms with Crippen LogP contribution in [-0.4, -0.2) is 41.1 Å². The lowest BCUT2D eigenvalue weighted by molar-refractivity contribution is 0.0697. The van der Waals surface area contributed by atoms with Crippen molar-refractivity contribution >= 4 is 17.7 Å². The Hall–Kier alpha value is -2.04. The monoisotopic (exact) mass is 288 g/mol. The standard InChI is InChI=1S/C16H20N2O3/c1-2-8-17(13-4-5-13)16(21)18-9-7-11-10-12(15(19)20)3-6-14(11)18/h3,6,10,13H,2,4-5,7-9H2,1H3,(H,19,20). The Morgan fingerprint density at radius 1 is 1.38 bits per heavy atom. The van der Waals surface area contributed by atoms with Gasteiger partial charge in [0.1, 0.15) is 0 Å². The third-order valence-electron chi connectivity index (χ3n) is 4.15. The normalized spacial score (nSPS) is 16.7. The molecule has 1 fully saturated rings. The minimum absolute atomic E-state index is 0.0705. The summed E-state index contributed by atoms with van der Waals surface area (Å²) in [6.45, 7) is 3.52. The van der Waals surface area contributed by atoms with Crippen LogP contribution in [0.25, 0.3) is 0 Å². The van der Waals surface area contributed by atoms with Crippen LogP contribution in [0.2, 0.25) is 0 Å². The molecule has 2 amide bonds. The SMILES string of the molecule is CCCN(C(=O)N1CCc2cc(C(=O)O)ccc21)C1CC1. The number of hydrogen-bond donors (Lipinski definition) is 1. The molecule has 1 aromatic rings. The first-order valence-corrected chi connectivity index (χ1v) is 7.56. The van der Waals surface area contributed by atoms with Crippen molar-refractivity contribution in [3.63, 3.8) is 0 Å². The Bertz CT molecular complexity index is 581. The highest BCUT2D eigenvalue weighted by atomic mass is 16.4. The van der Waals surface area contributed by atoms with E-state index in [1.807, 2.05) is 4.90 Å². The molecule has 3 rings (SSSR count). The third-order valence-corrected chi connectivity index (χ3v) is 4.15. The van der Waals surface area contributed by atoms with Crippen molar-refractivity contribution in [2.45, 2.75) is 38.6 Å². The van der Waals surface area contributed by atoms with Crippen LogP contribution in [0.5, 0.6) is 0 Å². The predicted octanol–water partition coefficient (Wildman–Crippen LogP) is 2.74. The number of rotatable bonds is 4. The number of carboxylic acid groups (broad SMARTS) is 1. The van der Waals surface area contributed by atoms with E-state index in [0.717, 1.165) is 43.5 Å². The molecule has 0 unspecified atom stereocenters. The van der Waals surface area contributed by atoms with Gasteiger partial charge in [-0.05, 0) is 49.4 Å². The summed E-state index contributed by atoms with van der Waals surface area (Å²) in [5, 5.41) is 9.04. The minimum atomic E-state index is -0.923. The molecule has 5 heteroatoms. The third kappa shape index (κ3) is 2.60. The Morgan fingerprint density at radius 2 is 2.14 bits per heavy atom. The molecule has 0 saturated heterocycles. The van der Waals surface area contributed by atoms with E-state index in [1.54, 1.807) is 23.1 Å². The van der Waals surface area contributed by atoms with Crippen molar-refractivity contribution in [2.24, 2.45) is 0 Å². The Kier molecular flexibility index (Phi) is 3.57. The van der Waals surface area contributed by atoms with E-state index in [1.165, 1.54) is 0 Å². The first-order chi connectivity index (χ1) is 10.1. The molecule has 1 aliphatic heterocycles. The number of carboxylic acids is 1. The van der Waals surface area contributed by atoms with E-state index >= 15 is 0 Å². The fraction of sp³-hybridized carbons (Fsp3) is 0.500. The molecule has 2 aliphatic rings. The van der Waals surface area contributed by atoms with E-state index in [-0.39, 0.29) is 11.6 Å². The summed E-state index contributed by atoms with van der Waals surface area (Å²) in [6.07, 6.45) is 3.89. The minimum Gasteiger partial charge on any atom is -0.478 e. The fourth-order valence-corrected chi connectivity index (χ4v) is 2.95. The van der Waals surface area contributed by atoms with Gasteiger partial charge in [0.15, 0.2) is 0 Å². The van der Waals surface area contributed by atoms with Gasteiger partial charge in [0.05, 0.1) is 5.56 Å². The number of carbonyl (C=O) groups is 2. The molecule has 1 heterocycles. The quantitative estimate of drug-likeness (QED) is 0.926. The van der Waals surface area contributed by atoms with Gasteiger partial charge in [-0.3, -0.25) is 4.90 Å². The van der Waals surface area contributed by atoms with Gasteiger partial charge in [-0.15, -0.1) is 0 Å². The van der Waals surface area contributed by atoms with Gasteiger partial charge < -0.3 is 10.0 Å². The Labute approximate surface area is 124 Å². The van der Waals surface area contributed by atoms with E-state index in [2.05, 4.69) is 6.92 Å². The maximum absolute atomic E-state index is 12.7. The van der Waals surface area contributed by atoms with E-state index in [4.69, 9.17) is 5.11 Å². The van der Waals surface area contributed by atoms with Crippen molar-refractivity contribution < 1.29 is 14.7 Å². The molecule has 0 atom stereocenters. The maximum atomic E-state index is 12.7. The van der Waals surface area contributed by atoms with Crippen LogP contribution in [0.4, 0.5) is 10.5 Å². The zero-order valence-electron chi connectivity index (χ0n) is 12.2. The van der Waals surface area contributed by atoms with Crippen LogP contribution in [0, 0.1) is 0 Å². The number of aromatic carboxylic acids is 1. The highest BCUT2D eigenvalue weighted by Gasteiger charge is 2.36. The van der Waals surface area contributed by atoms with Crippen molar-refractivity contribution in [1.82, 2.24) is 4.90 Å². The van der Waals surface area contributed by atoms with Crippen LogP contribution in [0.3, 0.4) is 0 Å². The molecule has 0 radical (unpaired) electrons. The molecular weight excluding hydrogens is 268 g/mol. The number of benzene rings is 1. The average molecular weight is 288 g/mol. The second kappa shape index (κ2) is 5.39. The lowest BCUT2D eigenvalue weighted by Crippen LogP contribution is -2.44. The van der Waals surface area contributed by atoms with Crippen molar-refractivity contribution in [3.05, 3.63) is 29.3 Å². The number of amides is 2. The molecule has 0 bridgehead atoms. The average Bonchev–Trinajstić information content (AvgIpc) is 3.22. The van der Waals surface area contributed by atoms with E-state index < -0.39 is 5.97 Å². The highest BCUT2D eigenvalue weighted by molar-refractivity contribution is 5.96. The van der Waals surface area contributed by atoms with Crippen molar-refractivity contribution in [2.75, 3.05) is 18.0 Å². The molecule has 21 heavy (non-hydrogen) atoms. The second-order valence-electron chi connectivity index (χ2n) is 5.76. The van der Waals surface area contributed by atoms with Gasteiger partial charge in [0, 0.05) is 24.8 Å². The van der Waals surface area contributed by atoms with Gasteiger partial charge in [-0.1, -0.05) is 6.92 Å². The molecule has 1 aliphatic carbocycles. The summed E-state index contributed by atoms with van der Waals surface area (Å²) in [7, 11) is 0. The first kappa shape index (κ1) is 13.9. The summed E-state index contributed by atoms with van der Waals surface area (Å²) >= 11 is 0. The van der Waals surface area contributed by atoms with Gasteiger partial charge in [-0.2, -0.15) is 0 Å². The summed E-state index contributed by atoms with van der Waals surface area (Å²) in [5.74, 6) is -0.923. The predicted molar refractivity (Wildman–Crippen MR) is 79.9 cm³/mol. The number of hydrogen-bond acceptors (Lipinski definition) is 2. The van der Waals surface area contributed by atoms with Crippen LogP contribution >= 0.6 is 0 Å². The van der Waals surface area contributed by atoms with Crippen LogP contribution in [0.1, 0.15) is 42.1 Å². The zero-order chi connectivity index (χ0) is 15.0. The lowest BCUT2D eigenvalue weighted by atomic mass is 10.1. The molecule has 5 nitrogen and oxygen atoms in total. The van der Waals surface area contributed by atoms with Crippen molar-refractivity contribution in [3.8, 4) is 0 Å². The molecule has 0 aromatic heterocycles. The molecular formula is C16H20N2O3. The number of urea groups is 1.